The first-order valence-electron chi connectivity index (χ1n) is 6.94. The molecule has 0 aliphatic heterocycles. The molecule has 0 aromatic carbocycles. The van der Waals surface area contributed by atoms with Gasteiger partial charge in [-0.15, -0.1) is 0 Å². The summed E-state index contributed by atoms with van der Waals surface area (Å²) >= 11 is 0. The first kappa shape index (κ1) is 17.7. The summed E-state index contributed by atoms with van der Waals surface area (Å²) in [6.45, 7) is 7.95. The van der Waals surface area contributed by atoms with Crippen LogP contribution in [-0.4, -0.2) is 25.2 Å². The van der Waals surface area contributed by atoms with Crippen molar-refractivity contribution >= 4 is 11.9 Å². The highest BCUT2D eigenvalue weighted by atomic mass is 16.5. The molecule has 0 bridgehead atoms. The van der Waals surface area contributed by atoms with E-state index in [1.165, 1.54) is 0 Å². The molecule has 19 heavy (non-hydrogen) atoms. The summed E-state index contributed by atoms with van der Waals surface area (Å²) < 4.78 is 9.92. The van der Waals surface area contributed by atoms with E-state index in [2.05, 4.69) is 13.5 Å². The van der Waals surface area contributed by atoms with Crippen LogP contribution < -0.4 is 0 Å². The maximum absolute atomic E-state index is 11.3. The summed E-state index contributed by atoms with van der Waals surface area (Å²) in [5, 5.41) is 0. The van der Waals surface area contributed by atoms with E-state index >= 15 is 0 Å². The quantitative estimate of drug-likeness (QED) is 0.310. The van der Waals surface area contributed by atoms with Crippen LogP contribution in [0.25, 0.3) is 0 Å². The van der Waals surface area contributed by atoms with Crippen molar-refractivity contribution in [3.8, 4) is 0 Å². The predicted octanol–water partition coefficient (Wildman–Crippen LogP) is 3.21. The van der Waals surface area contributed by atoms with E-state index in [0.29, 0.717) is 19.6 Å². The first-order valence-corrected chi connectivity index (χ1v) is 6.94. The lowest BCUT2D eigenvalue weighted by Crippen LogP contribution is -2.06. The van der Waals surface area contributed by atoms with Crippen molar-refractivity contribution in [2.75, 3.05) is 13.2 Å². The van der Waals surface area contributed by atoms with Crippen molar-refractivity contribution in [1.82, 2.24) is 0 Å². The van der Waals surface area contributed by atoms with Gasteiger partial charge in [-0.1, -0.05) is 32.8 Å². The molecular formula is C15H25O4. The molecule has 0 heterocycles. The van der Waals surface area contributed by atoms with Crippen molar-refractivity contribution < 1.29 is 19.1 Å². The Labute approximate surface area is 116 Å². The highest BCUT2D eigenvalue weighted by molar-refractivity contribution is 5.81. The van der Waals surface area contributed by atoms with Crippen LogP contribution in [0, 0.1) is 6.92 Å². The molecule has 0 aliphatic rings. The lowest BCUT2D eigenvalue weighted by atomic mass is 10.2. The molecule has 0 aromatic heterocycles. The molecule has 4 nitrogen and oxygen atoms in total. The van der Waals surface area contributed by atoms with Crippen LogP contribution in [0.5, 0.6) is 0 Å². The molecule has 0 aliphatic carbocycles. The van der Waals surface area contributed by atoms with E-state index in [4.69, 9.17) is 9.47 Å². The third kappa shape index (κ3) is 12.9. The van der Waals surface area contributed by atoms with E-state index in [-0.39, 0.29) is 5.97 Å². The van der Waals surface area contributed by atoms with Gasteiger partial charge in [0.05, 0.1) is 13.2 Å². The number of carbonyl (C=O) groups excluding carboxylic acids is 2. The van der Waals surface area contributed by atoms with Crippen LogP contribution in [0.4, 0.5) is 0 Å². The average Bonchev–Trinajstić information content (AvgIpc) is 2.42. The van der Waals surface area contributed by atoms with Crippen LogP contribution in [-0.2, 0) is 19.1 Å². The zero-order valence-electron chi connectivity index (χ0n) is 11.7. The van der Waals surface area contributed by atoms with Gasteiger partial charge in [0.1, 0.15) is 0 Å². The summed E-state index contributed by atoms with van der Waals surface area (Å²) in [5.41, 5.74) is 0. The number of ether oxygens (including phenoxy) is 2. The number of rotatable bonds is 12. The number of unbranched alkanes of at least 4 members (excludes halogenated alkanes) is 5. The third-order valence-electron chi connectivity index (χ3n) is 2.59. The summed E-state index contributed by atoms with van der Waals surface area (Å²) in [4.78, 5) is 22.1. The number of esters is 2. The van der Waals surface area contributed by atoms with Crippen LogP contribution in [0.1, 0.15) is 51.4 Å². The normalized spacial score (nSPS) is 9.95. The highest BCUT2D eigenvalue weighted by Crippen LogP contribution is 2.04. The molecule has 0 aromatic rings. The molecule has 0 atom stereocenters. The van der Waals surface area contributed by atoms with Crippen LogP contribution in [0.3, 0.4) is 0 Å². The van der Waals surface area contributed by atoms with Gasteiger partial charge in [-0.3, -0.25) is 4.79 Å². The maximum atomic E-state index is 11.3. The van der Waals surface area contributed by atoms with Crippen LogP contribution in [0.2, 0.25) is 0 Å². The molecule has 0 saturated carbocycles. The Morgan fingerprint density at radius 3 is 2.16 bits per heavy atom. The summed E-state index contributed by atoms with van der Waals surface area (Å²) in [6.07, 6.45) is 7.95. The second-order valence-corrected chi connectivity index (χ2v) is 4.32. The van der Waals surface area contributed by atoms with E-state index < -0.39 is 5.97 Å². The van der Waals surface area contributed by atoms with Crippen LogP contribution in [0.15, 0.2) is 12.7 Å². The van der Waals surface area contributed by atoms with Crippen molar-refractivity contribution in [2.24, 2.45) is 0 Å². The van der Waals surface area contributed by atoms with Crippen molar-refractivity contribution in [3.05, 3.63) is 19.6 Å². The van der Waals surface area contributed by atoms with Gasteiger partial charge < -0.3 is 9.47 Å². The smallest absolute Gasteiger partial charge is 0.330 e. The second-order valence-electron chi connectivity index (χ2n) is 4.32. The molecule has 0 N–H and O–H groups in total. The van der Waals surface area contributed by atoms with Gasteiger partial charge in [-0.05, 0) is 25.7 Å². The van der Waals surface area contributed by atoms with E-state index in [1.807, 2.05) is 0 Å². The fourth-order valence-corrected chi connectivity index (χ4v) is 1.49. The third-order valence-corrected chi connectivity index (χ3v) is 2.59. The molecule has 4 heteroatoms. The zero-order valence-corrected chi connectivity index (χ0v) is 11.7. The van der Waals surface area contributed by atoms with Gasteiger partial charge in [-0.2, -0.15) is 0 Å². The molecule has 0 amide bonds. The minimum Gasteiger partial charge on any atom is -0.466 e. The predicted molar refractivity (Wildman–Crippen MR) is 74.4 cm³/mol. The molecule has 0 fully saturated rings. The largest absolute Gasteiger partial charge is 0.466 e. The minimum absolute atomic E-state index is 0.141. The van der Waals surface area contributed by atoms with Gasteiger partial charge in [0.15, 0.2) is 0 Å². The number of carbonyl (C=O) groups is 2. The number of hydrogen-bond donors (Lipinski definition) is 0. The first-order chi connectivity index (χ1) is 9.20. The Morgan fingerprint density at radius 2 is 1.53 bits per heavy atom. The highest BCUT2D eigenvalue weighted by Gasteiger charge is 2.02. The van der Waals surface area contributed by atoms with Gasteiger partial charge in [0.25, 0.3) is 0 Å². The van der Waals surface area contributed by atoms with Crippen molar-refractivity contribution in [1.29, 1.82) is 0 Å². The zero-order chi connectivity index (χ0) is 14.3. The fourth-order valence-electron chi connectivity index (χ4n) is 1.49. The second kappa shape index (κ2) is 13.1. The van der Waals surface area contributed by atoms with Crippen LogP contribution >= 0.6 is 0 Å². The SMILES string of the molecule is [CH2]CCCCCOC(=O)CCCCCOC(=O)C=C. The Kier molecular flexibility index (Phi) is 12.2. The van der Waals surface area contributed by atoms with Gasteiger partial charge in [0.2, 0.25) is 0 Å². The van der Waals surface area contributed by atoms with Gasteiger partial charge in [-0.25, -0.2) is 4.79 Å². The Bertz CT molecular complexity index is 261. The number of hydrogen-bond acceptors (Lipinski definition) is 4. The Hall–Kier alpha value is -1.32. The Morgan fingerprint density at radius 1 is 0.895 bits per heavy atom. The van der Waals surface area contributed by atoms with E-state index in [0.717, 1.165) is 51.0 Å². The molecule has 0 saturated heterocycles. The molecular weight excluding hydrogens is 244 g/mol. The molecule has 0 spiro atoms. The van der Waals surface area contributed by atoms with E-state index in [9.17, 15) is 9.59 Å². The van der Waals surface area contributed by atoms with Crippen molar-refractivity contribution in [3.63, 3.8) is 0 Å². The van der Waals surface area contributed by atoms with E-state index in [1.54, 1.807) is 0 Å². The Balaban J connectivity index is 3.24. The lowest BCUT2D eigenvalue weighted by molar-refractivity contribution is -0.144. The van der Waals surface area contributed by atoms with Gasteiger partial charge in [0, 0.05) is 12.5 Å². The average molecular weight is 269 g/mol. The molecule has 1 radical (unpaired) electrons. The summed E-state index contributed by atoms with van der Waals surface area (Å²) in [7, 11) is 0. The molecule has 0 unspecified atom stereocenters. The minimum atomic E-state index is -0.401. The summed E-state index contributed by atoms with van der Waals surface area (Å²) in [5.74, 6) is -0.542. The topological polar surface area (TPSA) is 52.6 Å². The molecule has 0 rings (SSSR count). The van der Waals surface area contributed by atoms with Crippen molar-refractivity contribution in [2.45, 2.75) is 51.4 Å². The van der Waals surface area contributed by atoms with Gasteiger partial charge >= 0.3 is 11.9 Å². The fraction of sp³-hybridized carbons (Fsp3) is 0.667. The maximum Gasteiger partial charge on any atom is 0.330 e. The standard InChI is InChI=1S/C15H25O4/c1-3-5-6-9-13-19-15(17)11-8-7-10-12-18-14(16)4-2/h4H,1-3,5-13H2. The summed E-state index contributed by atoms with van der Waals surface area (Å²) in [6, 6.07) is 0. The lowest BCUT2D eigenvalue weighted by Gasteiger charge is -2.05. The monoisotopic (exact) mass is 269 g/mol. The molecule has 109 valence electrons.